The van der Waals surface area contributed by atoms with Gasteiger partial charge in [-0.2, -0.15) is 0 Å². The molecule has 1 aromatic rings. The van der Waals surface area contributed by atoms with E-state index in [9.17, 15) is 14.5 Å². The summed E-state index contributed by atoms with van der Waals surface area (Å²) in [6.45, 7) is 12.3. The molecule has 4 atom stereocenters. The van der Waals surface area contributed by atoms with E-state index in [-0.39, 0.29) is 17.5 Å². The van der Waals surface area contributed by atoms with Crippen molar-refractivity contribution < 1.29 is 19.2 Å². The number of hydrogen-bond acceptors (Lipinski definition) is 5. The fourth-order valence-corrected chi connectivity index (χ4v) is 4.97. The molecule has 0 aromatic carbocycles. The van der Waals surface area contributed by atoms with Gasteiger partial charge in [-0.15, -0.1) is 4.72 Å². The van der Waals surface area contributed by atoms with Gasteiger partial charge in [-0.3, -0.25) is 0 Å². The van der Waals surface area contributed by atoms with E-state index >= 15 is 0 Å². The van der Waals surface area contributed by atoms with Gasteiger partial charge in [0, 0.05) is 48.6 Å². The van der Waals surface area contributed by atoms with Crippen LogP contribution in [0.15, 0.2) is 18.3 Å². The van der Waals surface area contributed by atoms with Crippen molar-refractivity contribution in [3.05, 3.63) is 23.9 Å². The van der Waals surface area contributed by atoms with Gasteiger partial charge in [-0.1, -0.05) is 26.8 Å². The highest BCUT2D eigenvalue weighted by Crippen LogP contribution is 2.51. The van der Waals surface area contributed by atoms with E-state index < -0.39 is 27.8 Å². The Morgan fingerprint density at radius 1 is 1.39 bits per heavy atom. The normalized spacial score (nSPS) is 28.8. The van der Waals surface area contributed by atoms with Crippen LogP contribution in [0.1, 0.15) is 66.0 Å². The number of rotatable bonds is 2. The van der Waals surface area contributed by atoms with Crippen LogP contribution in [-0.2, 0) is 11.4 Å². The van der Waals surface area contributed by atoms with E-state index in [1.165, 1.54) is 4.90 Å². The molecule has 156 valence electrons. The first kappa shape index (κ1) is 21.2. The zero-order valence-corrected chi connectivity index (χ0v) is 18.3. The number of nitrogens with one attached hydrogen (secondary N) is 1. The van der Waals surface area contributed by atoms with Crippen molar-refractivity contribution in [3.8, 4) is 5.88 Å². The Morgan fingerprint density at radius 2 is 2.07 bits per heavy atom. The molecule has 1 aromatic heterocycles. The average Bonchev–Trinajstić information content (AvgIpc) is 2.86. The summed E-state index contributed by atoms with van der Waals surface area (Å²) >= 11 is -1.30. The average molecular weight is 410 g/mol. The summed E-state index contributed by atoms with van der Waals surface area (Å²) in [5.74, 6) is 0.544. The lowest BCUT2D eigenvalue weighted by atomic mass is 9.72. The molecule has 2 N–H and O–H groups in total. The van der Waals surface area contributed by atoms with E-state index in [2.05, 4.69) is 9.71 Å². The first-order valence-corrected chi connectivity index (χ1v) is 10.8. The fourth-order valence-electron chi connectivity index (χ4n) is 4.06. The number of nitrogens with zero attached hydrogens (tertiary/aromatic N) is 2. The summed E-state index contributed by atoms with van der Waals surface area (Å²) in [6.07, 6.45) is 1.80. The Balaban J connectivity index is 1.99. The number of carboxylic acid groups (broad SMARTS) is 1. The van der Waals surface area contributed by atoms with Gasteiger partial charge in [-0.05, 0) is 32.3 Å². The number of fused-ring (bicyclic) bond motifs is 1. The Kier molecular flexibility index (Phi) is 5.36. The molecule has 2 aliphatic heterocycles. The predicted octanol–water partition coefficient (Wildman–Crippen LogP) is 3.49. The van der Waals surface area contributed by atoms with Crippen LogP contribution in [0.4, 0.5) is 4.79 Å². The maximum absolute atomic E-state index is 12.9. The Hall–Kier alpha value is -1.51. The molecule has 4 unspecified atom stereocenters. The molecule has 3 rings (SSSR count). The number of aromatic nitrogens is 1. The summed E-state index contributed by atoms with van der Waals surface area (Å²) < 4.78 is 22.2. The fraction of sp³-hybridized carbons (Fsp3) is 0.700. The molecule has 28 heavy (non-hydrogen) atoms. The van der Waals surface area contributed by atoms with E-state index in [0.717, 1.165) is 5.56 Å². The minimum Gasteiger partial charge on any atom is -0.598 e. The summed E-state index contributed by atoms with van der Waals surface area (Å²) in [5.41, 5.74) is -0.0522. The topological polar surface area (TPSA) is 97.8 Å². The third-order valence-electron chi connectivity index (χ3n) is 5.66. The van der Waals surface area contributed by atoms with Crippen LogP contribution < -0.4 is 9.46 Å². The molecule has 8 heteroatoms. The highest BCUT2D eigenvalue weighted by atomic mass is 32.2. The van der Waals surface area contributed by atoms with E-state index in [0.29, 0.717) is 25.3 Å². The van der Waals surface area contributed by atoms with Crippen LogP contribution >= 0.6 is 0 Å². The van der Waals surface area contributed by atoms with Crippen molar-refractivity contribution >= 4 is 17.5 Å². The molecule has 0 radical (unpaired) electrons. The zero-order chi connectivity index (χ0) is 20.9. The third kappa shape index (κ3) is 3.82. The Labute approximate surface area is 170 Å². The molecular weight excluding hydrogens is 378 g/mol. The van der Waals surface area contributed by atoms with E-state index in [1.54, 1.807) is 6.20 Å². The second kappa shape index (κ2) is 7.07. The standard InChI is InChI=1S/C20H31N3O4S/c1-18(2,3)14-12-20(9-11-23(14)17(24)25)15(22-28(26)19(4,5)6)13-8-7-10-21-16(13)27-20/h7-8,10,14-15,22H,9,11-12H2,1-6H3,(H,24,25). The van der Waals surface area contributed by atoms with Crippen molar-refractivity contribution in [2.24, 2.45) is 5.41 Å². The molecule has 0 aliphatic carbocycles. The lowest BCUT2D eigenvalue weighted by molar-refractivity contribution is -0.0526. The molecule has 1 spiro atoms. The van der Waals surface area contributed by atoms with Gasteiger partial charge < -0.3 is 19.3 Å². The smallest absolute Gasteiger partial charge is 0.407 e. The molecule has 0 saturated carbocycles. The van der Waals surface area contributed by atoms with Gasteiger partial charge in [0.2, 0.25) is 5.88 Å². The minimum absolute atomic E-state index is 0.222. The first-order valence-electron chi connectivity index (χ1n) is 9.67. The quantitative estimate of drug-likeness (QED) is 0.726. The Bertz CT molecular complexity index is 746. The van der Waals surface area contributed by atoms with Crippen molar-refractivity contribution in [2.75, 3.05) is 6.54 Å². The van der Waals surface area contributed by atoms with Crippen LogP contribution in [0.5, 0.6) is 5.88 Å². The van der Waals surface area contributed by atoms with Gasteiger partial charge in [0.1, 0.15) is 16.4 Å². The van der Waals surface area contributed by atoms with Gasteiger partial charge in [0.15, 0.2) is 0 Å². The molecule has 1 saturated heterocycles. The Morgan fingerprint density at radius 3 is 2.64 bits per heavy atom. The lowest BCUT2D eigenvalue weighted by Crippen LogP contribution is -2.61. The highest BCUT2D eigenvalue weighted by Gasteiger charge is 2.57. The predicted molar refractivity (Wildman–Crippen MR) is 109 cm³/mol. The molecule has 1 amide bonds. The van der Waals surface area contributed by atoms with Gasteiger partial charge >= 0.3 is 6.09 Å². The van der Waals surface area contributed by atoms with Crippen molar-refractivity contribution in [2.45, 2.75) is 76.8 Å². The zero-order valence-electron chi connectivity index (χ0n) is 17.5. The summed E-state index contributed by atoms with van der Waals surface area (Å²) in [4.78, 5) is 17.7. The van der Waals surface area contributed by atoms with Gasteiger partial charge in [-0.25, -0.2) is 9.78 Å². The second-order valence-corrected chi connectivity index (χ2v) is 11.8. The van der Waals surface area contributed by atoms with Crippen LogP contribution in [0.2, 0.25) is 0 Å². The lowest BCUT2D eigenvalue weighted by Gasteiger charge is -2.49. The highest BCUT2D eigenvalue weighted by molar-refractivity contribution is 7.90. The van der Waals surface area contributed by atoms with Crippen LogP contribution in [-0.4, -0.2) is 48.6 Å². The maximum Gasteiger partial charge on any atom is 0.407 e. The van der Waals surface area contributed by atoms with Gasteiger partial charge in [0.25, 0.3) is 0 Å². The number of pyridine rings is 1. The monoisotopic (exact) mass is 409 g/mol. The first-order chi connectivity index (χ1) is 12.8. The second-order valence-electron chi connectivity index (χ2n) is 9.81. The van der Waals surface area contributed by atoms with Crippen LogP contribution in [0.25, 0.3) is 0 Å². The van der Waals surface area contributed by atoms with Gasteiger partial charge in [0.05, 0.1) is 0 Å². The third-order valence-corrected chi connectivity index (χ3v) is 7.22. The number of piperidine rings is 1. The van der Waals surface area contributed by atoms with Crippen molar-refractivity contribution in [1.82, 2.24) is 14.6 Å². The van der Waals surface area contributed by atoms with E-state index in [1.807, 2.05) is 53.7 Å². The van der Waals surface area contributed by atoms with Crippen LogP contribution in [0, 0.1) is 5.41 Å². The molecule has 1 fully saturated rings. The number of hydrogen-bond donors (Lipinski definition) is 2. The molecule has 7 nitrogen and oxygen atoms in total. The molecule has 2 aliphatic rings. The molecule has 3 heterocycles. The number of ether oxygens (including phenoxy) is 1. The van der Waals surface area contributed by atoms with E-state index in [4.69, 9.17) is 4.74 Å². The molecular formula is C20H31N3O4S. The molecule has 0 bridgehead atoms. The van der Waals surface area contributed by atoms with Crippen LogP contribution in [0.3, 0.4) is 0 Å². The number of carbonyl (C=O) groups is 1. The van der Waals surface area contributed by atoms with Crippen molar-refractivity contribution in [1.29, 1.82) is 0 Å². The minimum atomic E-state index is -1.30. The number of amides is 1. The maximum atomic E-state index is 12.9. The van der Waals surface area contributed by atoms with Crippen molar-refractivity contribution in [3.63, 3.8) is 0 Å². The number of likely N-dealkylation sites (tertiary alicyclic amines) is 1. The largest absolute Gasteiger partial charge is 0.598 e. The summed E-state index contributed by atoms with van der Waals surface area (Å²) in [7, 11) is 0. The summed E-state index contributed by atoms with van der Waals surface area (Å²) in [5, 5.41) is 9.70. The summed E-state index contributed by atoms with van der Waals surface area (Å²) in [6, 6.07) is 3.27. The SMILES string of the molecule is CC(C)(C)C1CC2(CCN1C(=O)O)Oc1ncccc1C2N[S+]([O-])C(C)(C)C.